The van der Waals surface area contributed by atoms with Crippen LogP contribution in [0.1, 0.15) is 10.4 Å². The largest absolute Gasteiger partial charge is 0.741 e. The highest BCUT2D eigenvalue weighted by atomic mass is 32.2. The summed E-state index contributed by atoms with van der Waals surface area (Å²) in [4.78, 5) is 12.5. The van der Waals surface area contributed by atoms with Crippen molar-refractivity contribution in [2.75, 3.05) is 0 Å². The molecule has 0 aliphatic rings. The number of fused-ring (bicyclic) bond motifs is 2. The number of benzene rings is 2. The number of hydrogen-bond acceptors (Lipinski definition) is 5. The van der Waals surface area contributed by atoms with Gasteiger partial charge in [0, 0.05) is 12.1 Å². The molecule has 1 aromatic heterocycles. The van der Waals surface area contributed by atoms with Gasteiger partial charge in [0.15, 0.2) is 10.1 Å². The van der Waals surface area contributed by atoms with Crippen molar-refractivity contribution in [1.29, 1.82) is 0 Å². The van der Waals surface area contributed by atoms with Crippen LogP contribution >= 0.6 is 0 Å². The first-order valence-electron chi connectivity index (χ1n) is 8.93. The van der Waals surface area contributed by atoms with Crippen molar-refractivity contribution in [3.8, 4) is 0 Å². The third-order valence-corrected chi connectivity index (χ3v) is 4.94. The van der Waals surface area contributed by atoms with E-state index in [9.17, 15) is 44.3 Å². The number of carbonyl (C=O) groups excluding carboxylic acids is 1. The molecule has 0 saturated carbocycles. The topological polar surface area (TPSA) is 87.4 Å². The minimum absolute atomic E-state index is 0.187. The van der Waals surface area contributed by atoms with Gasteiger partial charge in [-0.2, -0.15) is 44.1 Å². The van der Waals surface area contributed by atoms with Crippen LogP contribution in [-0.2, 0) is 21.9 Å². The lowest BCUT2D eigenvalue weighted by atomic mass is 10.0. The number of alkyl halides is 9. The van der Waals surface area contributed by atoms with E-state index in [1.165, 1.54) is 24.3 Å². The minimum Gasteiger partial charge on any atom is -0.741 e. The van der Waals surface area contributed by atoms with Gasteiger partial charge in [-0.1, -0.05) is 24.3 Å². The summed E-state index contributed by atoms with van der Waals surface area (Å²) < 4.78 is 141. The fourth-order valence-electron chi connectivity index (χ4n) is 2.93. The number of aryl methyl sites for hydroxylation is 1. The Balaban J connectivity index is 0.000000466. The predicted octanol–water partition coefficient (Wildman–Crippen LogP) is 4.52. The van der Waals surface area contributed by atoms with Crippen LogP contribution in [0.4, 0.5) is 39.5 Å². The molecule has 0 amide bonds. The zero-order valence-electron chi connectivity index (χ0n) is 17.0. The molecular formula is C19H12F9NO5S. The van der Waals surface area contributed by atoms with Crippen molar-refractivity contribution in [2.24, 2.45) is 7.05 Å². The third kappa shape index (κ3) is 6.30. The van der Waals surface area contributed by atoms with Crippen molar-refractivity contribution >= 4 is 37.9 Å². The van der Waals surface area contributed by atoms with Gasteiger partial charge in [0.2, 0.25) is 11.0 Å². The molecule has 6 nitrogen and oxygen atoms in total. The SMILES string of the molecule is C[n+]1c2ccccc2c(C(=O)OC(C(F)(F)F)C(F)(F)F)c2ccccc21.O=S(=O)([O-])C(F)(F)F. The van der Waals surface area contributed by atoms with E-state index in [0.717, 1.165) is 0 Å². The molecule has 1 heterocycles. The van der Waals surface area contributed by atoms with Gasteiger partial charge in [-0.15, -0.1) is 0 Å². The van der Waals surface area contributed by atoms with Crippen molar-refractivity contribution in [1.82, 2.24) is 0 Å². The zero-order valence-corrected chi connectivity index (χ0v) is 17.8. The second-order valence-electron chi connectivity index (χ2n) is 6.74. The van der Waals surface area contributed by atoms with E-state index in [0.29, 0.717) is 11.0 Å². The van der Waals surface area contributed by atoms with Crippen molar-refractivity contribution in [3.63, 3.8) is 0 Å². The van der Waals surface area contributed by atoms with Crippen molar-refractivity contribution in [2.45, 2.75) is 24.0 Å². The lowest BCUT2D eigenvalue weighted by Gasteiger charge is -2.23. The summed E-state index contributed by atoms with van der Waals surface area (Å²) in [6.45, 7) is 0. The summed E-state index contributed by atoms with van der Waals surface area (Å²) >= 11 is 0. The molecule has 3 rings (SSSR count). The van der Waals surface area contributed by atoms with Gasteiger partial charge in [-0.3, -0.25) is 0 Å². The lowest BCUT2D eigenvalue weighted by molar-refractivity contribution is -0.617. The average Bonchev–Trinajstić information content (AvgIpc) is 2.70. The molecule has 3 aromatic rings. The third-order valence-electron chi connectivity index (χ3n) is 4.38. The first-order valence-corrected chi connectivity index (χ1v) is 10.3. The monoisotopic (exact) mass is 537 g/mol. The highest BCUT2D eigenvalue weighted by Gasteiger charge is 2.60. The number of ether oxygens (including phenoxy) is 1. The van der Waals surface area contributed by atoms with E-state index < -0.39 is 40.1 Å². The lowest BCUT2D eigenvalue weighted by Crippen LogP contribution is -2.45. The Labute approximate surface area is 190 Å². The number of halogens is 9. The predicted molar refractivity (Wildman–Crippen MR) is 99.7 cm³/mol. The van der Waals surface area contributed by atoms with Gasteiger partial charge in [-0.05, 0) is 12.1 Å². The Bertz CT molecular complexity index is 1280. The van der Waals surface area contributed by atoms with Crippen molar-refractivity contribution < 1.29 is 66.6 Å². The van der Waals surface area contributed by atoms with Gasteiger partial charge in [-0.25, -0.2) is 13.2 Å². The Morgan fingerprint density at radius 3 is 1.49 bits per heavy atom. The van der Waals surface area contributed by atoms with Crippen LogP contribution in [0.25, 0.3) is 21.8 Å². The number of pyridine rings is 1. The van der Waals surface area contributed by atoms with E-state index in [-0.39, 0.29) is 16.3 Å². The second kappa shape index (κ2) is 9.49. The summed E-state index contributed by atoms with van der Waals surface area (Å²) in [5.74, 6) is -1.69. The number of rotatable bonds is 2. The summed E-state index contributed by atoms with van der Waals surface area (Å²) in [7, 11) is -4.42. The Morgan fingerprint density at radius 2 is 1.17 bits per heavy atom. The molecule has 2 aromatic carbocycles. The highest BCUT2D eigenvalue weighted by molar-refractivity contribution is 7.86. The summed E-state index contributed by atoms with van der Waals surface area (Å²) in [6.07, 6.45) is -15.8. The van der Waals surface area contributed by atoms with Crippen LogP contribution in [0.5, 0.6) is 0 Å². The molecule has 0 N–H and O–H groups in total. The Morgan fingerprint density at radius 1 is 0.829 bits per heavy atom. The zero-order chi connectivity index (χ0) is 27.0. The van der Waals surface area contributed by atoms with Gasteiger partial charge in [0.05, 0.1) is 16.3 Å². The molecular weight excluding hydrogens is 525 g/mol. The first-order chi connectivity index (χ1) is 15.8. The molecule has 0 radical (unpaired) electrons. The standard InChI is InChI=1S/C18H12F6NO2.CHF3O3S/c1-25-12-8-4-2-6-10(12)14(11-7-3-5-9-13(11)25)15(26)27-16(17(19,20)21)18(22,23)24;2-1(3,4)8(5,6)7/h2-9,16H,1H3;(H,5,6,7)/q+1;/p-1. The van der Waals surface area contributed by atoms with Crippen LogP contribution in [0.15, 0.2) is 48.5 Å². The van der Waals surface area contributed by atoms with E-state index in [1.807, 2.05) is 0 Å². The van der Waals surface area contributed by atoms with Crippen molar-refractivity contribution in [3.05, 3.63) is 54.1 Å². The van der Waals surface area contributed by atoms with E-state index >= 15 is 0 Å². The number of hydrogen-bond donors (Lipinski definition) is 0. The molecule has 35 heavy (non-hydrogen) atoms. The maximum Gasteiger partial charge on any atom is 0.485 e. The molecule has 0 spiro atoms. The van der Waals surface area contributed by atoms with Gasteiger partial charge < -0.3 is 9.29 Å². The molecule has 192 valence electrons. The summed E-state index contributed by atoms with van der Waals surface area (Å²) in [5.41, 5.74) is -5.08. The highest BCUT2D eigenvalue weighted by Crippen LogP contribution is 2.37. The molecule has 0 unspecified atom stereocenters. The Hall–Kier alpha value is -3.14. The summed E-state index contributed by atoms with van der Waals surface area (Å²) in [6, 6.07) is 12.4. The number of aromatic nitrogens is 1. The minimum atomic E-state index is -6.09. The maximum atomic E-state index is 12.8. The number of para-hydroxylation sites is 2. The smallest absolute Gasteiger partial charge is 0.485 e. The average molecular weight is 537 g/mol. The Kier molecular flexibility index (Phi) is 7.62. The molecule has 0 bridgehead atoms. The molecule has 0 aliphatic heterocycles. The van der Waals surface area contributed by atoms with Crippen LogP contribution in [0, 0.1) is 0 Å². The van der Waals surface area contributed by atoms with Gasteiger partial charge >= 0.3 is 23.8 Å². The molecule has 0 saturated heterocycles. The molecule has 16 heteroatoms. The van der Waals surface area contributed by atoms with Gasteiger partial charge in [0.1, 0.15) is 7.05 Å². The number of esters is 1. The van der Waals surface area contributed by atoms with Crippen LogP contribution < -0.4 is 4.57 Å². The summed E-state index contributed by atoms with van der Waals surface area (Å²) in [5, 5.41) is 0.374. The van der Waals surface area contributed by atoms with Crippen LogP contribution in [-0.4, -0.2) is 42.9 Å². The number of carbonyl (C=O) groups is 1. The quantitative estimate of drug-likeness (QED) is 0.120. The fraction of sp³-hybridized carbons (Fsp3) is 0.263. The van der Waals surface area contributed by atoms with E-state index in [2.05, 4.69) is 4.74 Å². The molecule has 0 aliphatic carbocycles. The van der Waals surface area contributed by atoms with E-state index in [1.54, 1.807) is 35.9 Å². The van der Waals surface area contributed by atoms with Crippen LogP contribution in [0.3, 0.4) is 0 Å². The second-order valence-corrected chi connectivity index (χ2v) is 8.11. The molecule has 0 fully saturated rings. The fourth-order valence-corrected chi connectivity index (χ4v) is 2.93. The maximum absolute atomic E-state index is 12.8. The number of nitrogens with zero attached hydrogens (tertiary/aromatic N) is 1. The molecule has 0 atom stereocenters. The first kappa shape index (κ1) is 28.1. The van der Waals surface area contributed by atoms with E-state index in [4.69, 9.17) is 13.0 Å². The van der Waals surface area contributed by atoms with Crippen LogP contribution in [0.2, 0.25) is 0 Å². The van der Waals surface area contributed by atoms with Gasteiger partial charge in [0.25, 0.3) is 6.10 Å². The normalized spacial score (nSPS) is 13.0.